The van der Waals surface area contributed by atoms with Gasteiger partial charge in [0, 0.05) is 19.5 Å². The van der Waals surface area contributed by atoms with Gasteiger partial charge < -0.3 is 14.4 Å². The van der Waals surface area contributed by atoms with Crippen LogP contribution < -0.4 is 0 Å². The summed E-state index contributed by atoms with van der Waals surface area (Å²) in [4.78, 5) is 28.0. The Kier molecular flexibility index (Phi) is 4.15. The first-order chi connectivity index (χ1) is 11.3. The molecule has 0 saturated carbocycles. The molecule has 24 heavy (non-hydrogen) atoms. The third-order valence-electron chi connectivity index (χ3n) is 4.36. The molecule has 2 heterocycles. The molecule has 1 atom stereocenters. The Morgan fingerprint density at radius 1 is 1.25 bits per heavy atom. The monoisotopic (exact) mass is 332 g/mol. The molecule has 2 fully saturated rings. The van der Waals surface area contributed by atoms with Crippen LogP contribution in [0.4, 0.5) is 9.59 Å². The summed E-state index contributed by atoms with van der Waals surface area (Å²) in [5.41, 5.74) is 0.0583. The molecule has 1 aromatic carbocycles. The van der Waals surface area contributed by atoms with E-state index in [0.29, 0.717) is 32.7 Å². The highest BCUT2D eigenvalue weighted by Gasteiger charge is 2.52. The van der Waals surface area contributed by atoms with Gasteiger partial charge in [-0.2, -0.15) is 0 Å². The third kappa shape index (κ3) is 3.32. The van der Waals surface area contributed by atoms with Gasteiger partial charge in [0.15, 0.2) is 0 Å². The summed E-state index contributed by atoms with van der Waals surface area (Å²) >= 11 is 0. The molecule has 1 aromatic rings. The second kappa shape index (κ2) is 6.00. The molecule has 6 nitrogen and oxygen atoms in total. The van der Waals surface area contributed by atoms with Crippen molar-refractivity contribution in [1.82, 2.24) is 9.80 Å². The largest absolute Gasteiger partial charge is 0.447 e. The summed E-state index contributed by atoms with van der Waals surface area (Å²) in [6.07, 6.45) is 0.0162. The first kappa shape index (κ1) is 16.6. The molecular weight excluding hydrogens is 308 g/mol. The number of nitrogens with zero attached hydrogens (tertiary/aromatic N) is 2. The Hall–Kier alpha value is -2.24. The Balaban J connectivity index is 1.80. The predicted molar refractivity (Wildman–Crippen MR) is 88.7 cm³/mol. The summed E-state index contributed by atoms with van der Waals surface area (Å²) in [7, 11) is 0. The zero-order chi connectivity index (χ0) is 17.4. The minimum Gasteiger partial charge on any atom is -0.447 e. The summed E-state index contributed by atoms with van der Waals surface area (Å²) in [6, 6.07) is 9.97. The van der Waals surface area contributed by atoms with Gasteiger partial charge in [0.2, 0.25) is 0 Å². The van der Waals surface area contributed by atoms with Crippen LogP contribution in [-0.2, 0) is 15.9 Å². The lowest BCUT2D eigenvalue weighted by atomic mass is 9.88. The average molecular weight is 332 g/mol. The van der Waals surface area contributed by atoms with Gasteiger partial charge in [-0.1, -0.05) is 30.3 Å². The molecule has 1 unspecified atom stereocenters. The van der Waals surface area contributed by atoms with Crippen LogP contribution >= 0.6 is 0 Å². The Morgan fingerprint density at radius 2 is 1.96 bits per heavy atom. The lowest BCUT2D eigenvalue weighted by Crippen LogP contribution is -2.63. The molecule has 3 rings (SSSR count). The number of ether oxygens (including phenoxy) is 2. The normalized spacial score (nSPS) is 23.7. The van der Waals surface area contributed by atoms with E-state index >= 15 is 0 Å². The van der Waals surface area contributed by atoms with Crippen LogP contribution in [0.5, 0.6) is 0 Å². The first-order valence-corrected chi connectivity index (χ1v) is 8.25. The summed E-state index contributed by atoms with van der Waals surface area (Å²) in [5, 5.41) is 0. The molecule has 0 radical (unpaired) electrons. The molecule has 2 aliphatic rings. The fourth-order valence-electron chi connectivity index (χ4n) is 3.32. The van der Waals surface area contributed by atoms with E-state index in [1.54, 1.807) is 9.80 Å². The van der Waals surface area contributed by atoms with Crippen LogP contribution in [0.3, 0.4) is 0 Å². The number of piperazine rings is 1. The van der Waals surface area contributed by atoms with Gasteiger partial charge in [-0.3, -0.25) is 4.90 Å². The topological polar surface area (TPSA) is 59.1 Å². The number of rotatable bonds is 2. The molecule has 2 saturated heterocycles. The molecule has 2 amide bonds. The van der Waals surface area contributed by atoms with Crippen LogP contribution in [0.2, 0.25) is 0 Å². The quantitative estimate of drug-likeness (QED) is 0.835. The predicted octanol–water partition coefficient (Wildman–Crippen LogP) is 2.67. The highest BCUT2D eigenvalue weighted by atomic mass is 16.6. The summed E-state index contributed by atoms with van der Waals surface area (Å²) < 4.78 is 10.8. The third-order valence-corrected chi connectivity index (χ3v) is 4.36. The number of hydrogen-bond donors (Lipinski definition) is 0. The molecule has 0 spiro atoms. The van der Waals surface area contributed by atoms with Crippen molar-refractivity contribution in [2.24, 2.45) is 0 Å². The van der Waals surface area contributed by atoms with Crippen molar-refractivity contribution in [3.05, 3.63) is 35.9 Å². The number of benzene rings is 1. The van der Waals surface area contributed by atoms with Crippen molar-refractivity contribution in [2.75, 3.05) is 26.2 Å². The maximum Gasteiger partial charge on any atom is 0.410 e. The van der Waals surface area contributed by atoms with Crippen LogP contribution in [0.1, 0.15) is 26.3 Å². The smallest absolute Gasteiger partial charge is 0.410 e. The standard InChI is InChI=1S/C18H24N2O4/c1-17(2,3)24-15(21)19-9-10-20-16(22)23-13-18(20,12-19)11-14-7-5-4-6-8-14/h4-8H,9-13H2,1-3H3. The molecule has 130 valence electrons. The van der Waals surface area contributed by atoms with E-state index in [1.807, 2.05) is 51.1 Å². The highest BCUT2D eigenvalue weighted by Crippen LogP contribution is 2.32. The summed E-state index contributed by atoms with van der Waals surface area (Å²) in [5.74, 6) is 0. The van der Waals surface area contributed by atoms with Crippen LogP contribution in [0.25, 0.3) is 0 Å². The zero-order valence-electron chi connectivity index (χ0n) is 14.4. The van der Waals surface area contributed by atoms with Gasteiger partial charge in [0.25, 0.3) is 0 Å². The number of amides is 2. The average Bonchev–Trinajstić information content (AvgIpc) is 2.83. The van der Waals surface area contributed by atoms with Crippen molar-refractivity contribution < 1.29 is 19.1 Å². The molecule has 0 N–H and O–H groups in total. The number of cyclic esters (lactones) is 1. The van der Waals surface area contributed by atoms with Gasteiger partial charge in [0.05, 0.1) is 6.54 Å². The van der Waals surface area contributed by atoms with Gasteiger partial charge in [-0.25, -0.2) is 9.59 Å². The van der Waals surface area contributed by atoms with Crippen LogP contribution in [0, 0.1) is 0 Å². The minimum atomic E-state index is -0.539. The minimum absolute atomic E-state index is 0.292. The first-order valence-electron chi connectivity index (χ1n) is 8.25. The Bertz CT molecular complexity index is 626. The van der Waals surface area contributed by atoms with E-state index in [0.717, 1.165) is 5.56 Å². The molecular formula is C18H24N2O4. The SMILES string of the molecule is CC(C)(C)OC(=O)N1CCN2C(=O)OCC2(Cc2ccccc2)C1. The van der Waals surface area contributed by atoms with Gasteiger partial charge in [-0.05, 0) is 26.3 Å². The van der Waals surface area contributed by atoms with Gasteiger partial charge in [-0.15, -0.1) is 0 Å². The fourth-order valence-corrected chi connectivity index (χ4v) is 3.32. The van der Waals surface area contributed by atoms with E-state index in [-0.39, 0.29) is 12.2 Å². The number of hydrogen-bond acceptors (Lipinski definition) is 4. The van der Waals surface area contributed by atoms with Crippen LogP contribution in [-0.4, -0.2) is 59.4 Å². The Morgan fingerprint density at radius 3 is 2.62 bits per heavy atom. The molecule has 0 aromatic heterocycles. The van der Waals surface area contributed by atoms with E-state index in [1.165, 1.54) is 0 Å². The second-order valence-electron chi connectivity index (χ2n) is 7.49. The lowest BCUT2D eigenvalue weighted by molar-refractivity contribution is -0.00343. The fraction of sp³-hybridized carbons (Fsp3) is 0.556. The number of carbonyl (C=O) groups excluding carboxylic acids is 2. The van der Waals surface area contributed by atoms with E-state index in [4.69, 9.17) is 9.47 Å². The van der Waals surface area contributed by atoms with E-state index in [9.17, 15) is 9.59 Å². The van der Waals surface area contributed by atoms with E-state index < -0.39 is 11.1 Å². The molecule has 0 bridgehead atoms. The van der Waals surface area contributed by atoms with Crippen molar-refractivity contribution in [2.45, 2.75) is 38.3 Å². The van der Waals surface area contributed by atoms with Crippen molar-refractivity contribution in [3.63, 3.8) is 0 Å². The molecule has 6 heteroatoms. The number of fused-ring (bicyclic) bond motifs is 1. The van der Waals surface area contributed by atoms with Gasteiger partial charge >= 0.3 is 12.2 Å². The van der Waals surface area contributed by atoms with Crippen molar-refractivity contribution in [3.8, 4) is 0 Å². The second-order valence-corrected chi connectivity index (χ2v) is 7.49. The molecule has 2 aliphatic heterocycles. The van der Waals surface area contributed by atoms with Crippen LogP contribution in [0.15, 0.2) is 30.3 Å². The van der Waals surface area contributed by atoms with Crippen molar-refractivity contribution in [1.29, 1.82) is 0 Å². The highest BCUT2D eigenvalue weighted by molar-refractivity contribution is 5.73. The van der Waals surface area contributed by atoms with Gasteiger partial charge in [0.1, 0.15) is 17.7 Å². The summed E-state index contributed by atoms with van der Waals surface area (Å²) in [6.45, 7) is 7.18. The maximum atomic E-state index is 12.4. The maximum absolute atomic E-state index is 12.4. The Labute approximate surface area is 142 Å². The number of carbonyl (C=O) groups is 2. The van der Waals surface area contributed by atoms with Crippen molar-refractivity contribution >= 4 is 12.2 Å². The molecule has 0 aliphatic carbocycles. The van der Waals surface area contributed by atoms with E-state index in [2.05, 4.69) is 0 Å². The lowest BCUT2D eigenvalue weighted by Gasteiger charge is -2.44. The zero-order valence-corrected chi connectivity index (χ0v) is 14.4.